The fourth-order valence-corrected chi connectivity index (χ4v) is 2.32. The summed E-state index contributed by atoms with van der Waals surface area (Å²) >= 11 is 3.45. The van der Waals surface area contributed by atoms with Crippen molar-refractivity contribution in [1.82, 2.24) is 15.0 Å². The largest absolute Gasteiger partial charge is 0.366 e. The van der Waals surface area contributed by atoms with Gasteiger partial charge in [0.15, 0.2) is 0 Å². The molecule has 3 rings (SSSR count). The number of aromatic nitrogens is 3. The molecule has 0 bridgehead atoms. The summed E-state index contributed by atoms with van der Waals surface area (Å²) in [7, 11) is 0. The standard InChI is InChI=1S/C14H15BrN4/c1-9-4-5-16-7-11(9)8-17-13-6-12(15)18-14(19-13)10-2-3-10/h4-7,10H,2-3,8H2,1H3,(H,17,18,19). The van der Waals surface area contributed by atoms with Crippen molar-refractivity contribution in [2.75, 3.05) is 5.32 Å². The van der Waals surface area contributed by atoms with E-state index in [1.165, 1.54) is 24.0 Å². The topological polar surface area (TPSA) is 50.7 Å². The van der Waals surface area contributed by atoms with E-state index >= 15 is 0 Å². The SMILES string of the molecule is Cc1ccncc1CNc1cc(Br)nc(C2CC2)n1. The molecule has 0 aliphatic heterocycles. The van der Waals surface area contributed by atoms with Gasteiger partial charge in [-0.3, -0.25) is 4.98 Å². The van der Waals surface area contributed by atoms with Crippen molar-refractivity contribution < 1.29 is 0 Å². The summed E-state index contributed by atoms with van der Waals surface area (Å²) < 4.78 is 0.842. The predicted octanol–water partition coefficient (Wildman–Crippen LogP) is 3.43. The molecular formula is C14H15BrN4. The van der Waals surface area contributed by atoms with Crippen molar-refractivity contribution in [3.05, 3.63) is 46.1 Å². The molecule has 1 aliphatic rings. The van der Waals surface area contributed by atoms with Crippen LogP contribution in [0.1, 0.15) is 35.7 Å². The smallest absolute Gasteiger partial charge is 0.135 e. The van der Waals surface area contributed by atoms with Gasteiger partial charge in [0.1, 0.15) is 16.2 Å². The maximum Gasteiger partial charge on any atom is 0.135 e. The second-order valence-corrected chi connectivity index (χ2v) is 5.68. The molecule has 1 aliphatic carbocycles. The second kappa shape index (κ2) is 5.25. The van der Waals surface area contributed by atoms with Crippen molar-refractivity contribution in [2.45, 2.75) is 32.2 Å². The molecule has 4 nitrogen and oxygen atoms in total. The van der Waals surface area contributed by atoms with Gasteiger partial charge in [-0.2, -0.15) is 0 Å². The molecular weight excluding hydrogens is 304 g/mol. The fraction of sp³-hybridized carbons (Fsp3) is 0.357. The van der Waals surface area contributed by atoms with E-state index in [-0.39, 0.29) is 0 Å². The zero-order chi connectivity index (χ0) is 13.2. The number of hydrogen-bond acceptors (Lipinski definition) is 4. The number of anilines is 1. The average molecular weight is 319 g/mol. The molecule has 2 heterocycles. The lowest BCUT2D eigenvalue weighted by Crippen LogP contribution is -2.05. The first-order valence-electron chi connectivity index (χ1n) is 6.40. The van der Waals surface area contributed by atoms with Crippen LogP contribution in [0.5, 0.6) is 0 Å². The minimum atomic E-state index is 0.554. The lowest BCUT2D eigenvalue weighted by Gasteiger charge is -2.09. The van der Waals surface area contributed by atoms with Gasteiger partial charge in [-0.05, 0) is 52.9 Å². The molecule has 0 unspecified atom stereocenters. The molecule has 0 radical (unpaired) electrons. The Kier molecular flexibility index (Phi) is 3.46. The van der Waals surface area contributed by atoms with Crippen LogP contribution < -0.4 is 5.32 Å². The van der Waals surface area contributed by atoms with Crippen LogP contribution in [0.2, 0.25) is 0 Å². The normalized spacial score (nSPS) is 14.4. The quantitative estimate of drug-likeness (QED) is 0.877. The minimum Gasteiger partial charge on any atom is -0.366 e. The van der Waals surface area contributed by atoms with Crippen molar-refractivity contribution in [3.63, 3.8) is 0 Å². The van der Waals surface area contributed by atoms with Gasteiger partial charge in [-0.25, -0.2) is 9.97 Å². The van der Waals surface area contributed by atoms with Crippen LogP contribution >= 0.6 is 15.9 Å². The van der Waals surface area contributed by atoms with E-state index in [0.717, 1.165) is 22.8 Å². The van der Waals surface area contributed by atoms with Crippen LogP contribution in [0.3, 0.4) is 0 Å². The Bertz CT molecular complexity index is 596. The maximum absolute atomic E-state index is 4.57. The van der Waals surface area contributed by atoms with Gasteiger partial charge < -0.3 is 5.32 Å². The van der Waals surface area contributed by atoms with Crippen LogP contribution in [0.15, 0.2) is 29.1 Å². The van der Waals surface area contributed by atoms with Gasteiger partial charge in [-0.1, -0.05) is 0 Å². The first kappa shape index (κ1) is 12.5. The highest BCUT2D eigenvalue weighted by Gasteiger charge is 2.27. The monoisotopic (exact) mass is 318 g/mol. The third-order valence-corrected chi connectivity index (χ3v) is 3.67. The Labute approximate surface area is 120 Å². The molecule has 1 fully saturated rings. The Morgan fingerprint density at radius 3 is 2.95 bits per heavy atom. The molecule has 2 aromatic rings. The second-order valence-electron chi connectivity index (χ2n) is 4.86. The van der Waals surface area contributed by atoms with Crippen LogP contribution in [0.25, 0.3) is 0 Å². The van der Waals surface area contributed by atoms with Crippen molar-refractivity contribution in [1.29, 1.82) is 0 Å². The first-order valence-corrected chi connectivity index (χ1v) is 7.19. The van der Waals surface area contributed by atoms with Crippen LogP contribution in [-0.2, 0) is 6.54 Å². The number of rotatable bonds is 4. The highest BCUT2D eigenvalue weighted by molar-refractivity contribution is 9.10. The third kappa shape index (κ3) is 3.10. The first-order chi connectivity index (χ1) is 9.22. The van der Waals surface area contributed by atoms with E-state index in [1.807, 2.05) is 24.5 Å². The van der Waals surface area contributed by atoms with Crippen LogP contribution in [0.4, 0.5) is 5.82 Å². The zero-order valence-electron chi connectivity index (χ0n) is 10.7. The number of nitrogens with zero attached hydrogens (tertiary/aromatic N) is 3. The molecule has 0 atom stereocenters. The summed E-state index contributed by atoms with van der Waals surface area (Å²) in [6, 6.07) is 3.93. The summed E-state index contributed by atoms with van der Waals surface area (Å²) in [5.41, 5.74) is 2.42. The molecule has 0 amide bonds. The molecule has 98 valence electrons. The number of hydrogen-bond donors (Lipinski definition) is 1. The Hall–Kier alpha value is -1.49. The summed E-state index contributed by atoms with van der Waals surface area (Å²) in [5.74, 6) is 2.37. The van der Waals surface area contributed by atoms with Gasteiger partial charge >= 0.3 is 0 Å². The number of nitrogens with one attached hydrogen (secondary N) is 1. The van der Waals surface area contributed by atoms with Crippen LogP contribution in [0, 0.1) is 6.92 Å². The highest BCUT2D eigenvalue weighted by atomic mass is 79.9. The van der Waals surface area contributed by atoms with Crippen LogP contribution in [-0.4, -0.2) is 15.0 Å². The molecule has 2 aromatic heterocycles. The summed E-state index contributed by atoms with van der Waals surface area (Å²) in [6.45, 7) is 2.82. The summed E-state index contributed by atoms with van der Waals surface area (Å²) in [6.07, 6.45) is 6.11. The Balaban J connectivity index is 1.74. The molecule has 1 N–H and O–H groups in total. The molecule has 0 aromatic carbocycles. The third-order valence-electron chi connectivity index (χ3n) is 3.26. The van der Waals surface area contributed by atoms with Gasteiger partial charge in [0.05, 0.1) is 0 Å². The molecule has 0 saturated heterocycles. The van der Waals surface area contributed by atoms with Gasteiger partial charge in [-0.15, -0.1) is 0 Å². The van der Waals surface area contributed by atoms with E-state index < -0.39 is 0 Å². The van der Waals surface area contributed by atoms with E-state index in [4.69, 9.17) is 0 Å². The average Bonchev–Trinajstić information content (AvgIpc) is 3.21. The summed E-state index contributed by atoms with van der Waals surface area (Å²) in [4.78, 5) is 13.1. The van der Waals surface area contributed by atoms with E-state index in [0.29, 0.717) is 5.92 Å². The van der Waals surface area contributed by atoms with E-state index in [1.54, 1.807) is 0 Å². The number of aryl methyl sites for hydroxylation is 1. The Morgan fingerprint density at radius 2 is 2.21 bits per heavy atom. The predicted molar refractivity (Wildman–Crippen MR) is 78.0 cm³/mol. The molecule has 5 heteroatoms. The van der Waals surface area contributed by atoms with Crippen molar-refractivity contribution >= 4 is 21.7 Å². The maximum atomic E-state index is 4.57. The van der Waals surface area contributed by atoms with E-state index in [9.17, 15) is 0 Å². The lowest BCUT2D eigenvalue weighted by atomic mass is 10.1. The molecule has 1 saturated carbocycles. The highest BCUT2D eigenvalue weighted by Crippen LogP contribution is 2.38. The lowest BCUT2D eigenvalue weighted by molar-refractivity contribution is 0.909. The molecule has 19 heavy (non-hydrogen) atoms. The van der Waals surface area contributed by atoms with E-state index in [2.05, 4.69) is 43.1 Å². The van der Waals surface area contributed by atoms with Gasteiger partial charge in [0.2, 0.25) is 0 Å². The minimum absolute atomic E-state index is 0.554. The van der Waals surface area contributed by atoms with Gasteiger partial charge in [0.25, 0.3) is 0 Å². The number of halogens is 1. The fourth-order valence-electron chi connectivity index (χ4n) is 1.92. The van der Waals surface area contributed by atoms with Gasteiger partial charge in [0, 0.05) is 30.9 Å². The zero-order valence-corrected chi connectivity index (χ0v) is 12.3. The Morgan fingerprint density at radius 1 is 1.37 bits per heavy atom. The van der Waals surface area contributed by atoms with Crippen molar-refractivity contribution in [2.24, 2.45) is 0 Å². The molecule has 0 spiro atoms. The number of pyridine rings is 1. The van der Waals surface area contributed by atoms with Crippen molar-refractivity contribution in [3.8, 4) is 0 Å². The summed E-state index contributed by atoms with van der Waals surface area (Å²) in [5, 5.41) is 3.34.